The number of aromatic nitrogens is 2. The molecule has 1 fully saturated rings. The lowest BCUT2D eigenvalue weighted by atomic mass is 9.92. The van der Waals surface area contributed by atoms with Crippen LogP contribution in [0.15, 0.2) is 42.2 Å². The first-order valence-electron chi connectivity index (χ1n) is 8.46. The second kappa shape index (κ2) is 6.42. The molecular formula is C19H23N3O2. The predicted molar refractivity (Wildman–Crippen MR) is 92.9 cm³/mol. The summed E-state index contributed by atoms with van der Waals surface area (Å²) in [4.78, 5) is 2.42. The van der Waals surface area contributed by atoms with Crippen molar-refractivity contribution in [3.8, 4) is 5.75 Å². The molecule has 1 saturated heterocycles. The monoisotopic (exact) mass is 325 g/mol. The number of aliphatic hydroxyl groups is 1. The molecule has 126 valence electrons. The van der Waals surface area contributed by atoms with E-state index in [2.05, 4.69) is 28.3 Å². The van der Waals surface area contributed by atoms with Crippen LogP contribution in [0.3, 0.4) is 0 Å². The van der Waals surface area contributed by atoms with Crippen LogP contribution in [0.1, 0.15) is 17.0 Å². The van der Waals surface area contributed by atoms with E-state index in [9.17, 15) is 5.11 Å². The second-order valence-electron chi connectivity index (χ2n) is 6.82. The van der Waals surface area contributed by atoms with Crippen LogP contribution in [-0.2, 0) is 7.05 Å². The summed E-state index contributed by atoms with van der Waals surface area (Å²) in [6, 6.07) is 8.15. The van der Waals surface area contributed by atoms with E-state index in [1.165, 1.54) is 11.1 Å². The fourth-order valence-corrected chi connectivity index (χ4v) is 3.83. The van der Waals surface area contributed by atoms with Crippen LogP contribution in [-0.4, -0.2) is 52.6 Å². The Hall–Kier alpha value is -2.11. The SMILES string of the molecule is Cn1cc([C@@H]2CN(CC3=Cc4ccccc4OC3)C[C@H]2CO)cn1. The van der Waals surface area contributed by atoms with Gasteiger partial charge in [0.15, 0.2) is 0 Å². The van der Waals surface area contributed by atoms with Crippen molar-refractivity contribution in [1.82, 2.24) is 14.7 Å². The van der Waals surface area contributed by atoms with Gasteiger partial charge in [0, 0.05) is 56.9 Å². The Kier molecular flexibility index (Phi) is 4.12. The number of benzene rings is 1. The number of fused-ring (bicyclic) bond motifs is 1. The number of rotatable bonds is 4. The average molecular weight is 325 g/mol. The van der Waals surface area contributed by atoms with Crippen LogP contribution in [0, 0.1) is 5.92 Å². The Labute approximate surface area is 142 Å². The number of hydrogen-bond donors (Lipinski definition) is 1. The summed E-state index contributed by atoms with van der Waals surface area (Å²) in [6.45, 7) is 3.62. The molecule has 0 amide bonds. The maximum absolute atomic E-state index is 9.77. The van der Waals surface area contributed by atoms with Crippen molar-refractivity contribution in [2.75, 3.05) is 32.8 Å². The lowest BCUT2D eigenvalue weighted by Gasteiger charge is -2.22. The number of para-hydroxylation sites is 1. The Morgan fingerprint density at radius 1 is 1.29 bits per heavy atom. The number of aryl methyl sites for hydroxylation is 1. The molecule has 1 aromatic heterocycles. The predicted octanol–water partition coefficient (Wildman–Crippen LogP) is 1.90. The summed E-state index contributed by atoms with van der Waals surface area (Å²) in [7, 11) is 1.94. The molecule has 0 bridgehead atoms. The first-order chi connectivity index (χ1) is 11.7. The molecule has 4 rings (SSSR count). The normalized spacial score (nSPS) is 23.7. The van der Waals surface area contributed by atoms with Gasteiger partial charge < -0.3 is 9.84 Å². The van der Waals surface area contributed by atoms with E-state index in [0.29, 0.717) is 12.5 Å². The highest BCUT2D eigenvalue weighted by atomic mass is 16.5. The number of ether oxygens (including phenoxy) is 1. The van der Waals surface area contributed by atoms with Crippen molar-refractivity contribution in [2.24, 2.45) is 13.0 Å². The average Bonchev–Trinajstić information content (AvgIpc) is 3.20. The molecule has 0 spiro atoms. The third-order valence-corrected chi connectivity index (χ3v) is 5.02. The molecular weight excluding hydrogens is 302 g/mol. The Morgan fingerprint density at radius 2 is 2.17 bits per heavy atom. The molecule has 5 nitrogen and oxygen atoms in total. The van der Waals surface area contributed by atoms with E-state index in [4.69, 9.17) is 4.74 Å². The van der Waals surface area contributed by atoms with Crippen LogP contribution in [0.25, 0.3) is 6.08 Å². The largest absolute Gasteiger partial charge is 0.489 e. The van der Waals surface area contributed by atoms with E-state index in [1.54, 1.807) is 0 Å². The maximum Gasteiger partial charge on any atom is 0.127 e. The van der Waals surface area contributed by atoms with Crippen molar-refractivity contribution in [1.29, 1.82) is 0 Å². The fraction of sp³-hybridized carbons (Fsp3) is 0.421. The van der Waals surface area contributed by atoms with Gasteiger partial charge in [-0.05, 0) is 23.3 Å². The van der Waals surface area contributed by atoms with E-state index in [1.807, 2.05) is 36.1 Å². The first kappa shape index (κ1) is 15.4. The van der Waals surface area contributed by atoms with Crippen molar-refractivity contribution in [3.05, 3.63) is 53.4 Å². The standard InChI is InChI=1S/C19H23N3O2/c1-21-9-16(7-20-21)18-11-22(10-17(18)12-23)8-14-6-15-4-2-3-5-19(15)24-13-14/h2-7,9,17-18,23H,8,10-13H2,1H3/t17-,18-/m0/s1. The molecule has 2 atom stereocenters. The smallest absolute Gasteiger partial charge is 0.127 e. The highest BCUT2D eigenvalue weighted by molar-refractivity contribution is 5.62. The Bertz CT molecular complexity index is 753. The summed E-state index contributed by atoms with van der Waals surface area (Å²) in [5.41, 5.74) is 3.66. The minimum absolute atomic E-state index is 0.217. The van der Waals surface area contributed by atoms with Gasteiger partial charge in [0.25, 0.3) is 0 Å². The first-order valence-corrected chi connectivity index (χ1v) is 8.46. The van der Waals surface area contributed by atoms with E-state index >= 15 is 0 Å². The summed E-state index contributed by atoms with van der Waals surface area (Å²) >= 11 is 0. The summed E-state index contributed by atoms with van der Waals surface area (Å²) < 4.78 is 7.69. The molecule has 1 N–H and O–H groups in total. The van der Waals surface area contributed by atoms with Gasteiger partial charge in [0.05, 0.1) is 6.20 Å². The van der Waals surface area contributed by atoms with Gasteiger partial charge in [0.2, 0.25) is 0 Å². The molecule has 2 aliphatic heterocycles. The highest BCUT2D eigenvalue weighted by Crippen LogP contribution is 2.33. The quantitative estimate of drug-likeness (QED) is 0.933. The molecule has 1 aromatic carbocycles. The molecule has 5 heteroatoms. The Morgan fingerprint density at radius 3 is 2.96 bits per heavy atom. The van der Waals surface area contributed by atoms with Crippen LogP contribution >= 0.6 is 0 Å². The van der Waals surface area contributed by atoms with Gasteiger partial charge in [0.1, 0.15) is 12.4 Å². The number of nitrogens with zero attached hydrogens (tertiary/aromatic N) is 3. The van der Waals surface area contributed by atoms with Crippen molar-refractivity contribution >= 4 is 6.08 Å². The minimum atomic E-state index is 0.217. The molecule has 2 aliphatic rings. The molecule has 3 heterocycles. The lowest BCUT2D eigenvalue weighted by molar-refractivity contribution is 0.216. The molecule has 0 radical (unpaired) electrons. The van der Waals surface area contributed by atoms with E-state index < -0.39 is 0 Å². The maximum atomic E-state index is 9.77. The number of hydrogen-bond acceptors (Lipinski definition) is 4. The molecule has 2 aromatic rings. The van der Waals surface area contributed by atoms with Gasteiger partial charge in [-0.25, -0.2) is 0 Å². The van der Waals surface area contributed by atoms with E-state index in [-0.39, 0.29) is 12.5 Å². The van der Waals surface area contributed by atoms with Gasteiger partial charge in [-0.2, -0.15) is 5.10 Å². The third-order valence-electron chi connectivity index (χ3n) is 5.02. The van der Waals surface area contributed by atoms with Gasteiger partial charge >= 0.3 is 0 Å². The van der Waals surface area contributed by atoms with Crippen LogP contribution in [0.5, 0.6) is 5.75 Å². The topological polar surface area (TPSA) is 50.5 Å². The highest BCUT2D eigenvalue weighted by Gasteiger charge is 2.34. The minimum Gasteiger partial charge on any atom is -0.489 e. The zero-order chi connectivity index (χ0) is 16.5. The van der Waals surface area contributed by atoms with Crippen molar-refractivity contribution in [2.45, 2.75) is 5.92 Å². The summed E-state index contributed by atoms with van der Waals surface area (Å²) in [5, 5.41) is 14.0. The van der Waals surface area contributed by atoms with Gasteiger partial charge in [-0.3, -0.25) is 9.58 Å². The zero-order valence-electron chi connectivity index (χ0n) is 13.9. The van der Waals surface area contributed by atoms with Gasteiger partial charge in [-0.15, -0.1) is 0 Å². The van der Waals surface area contributed by atoms with Crippen LogP contribution in [0.4, 0.5) is 0 Å². The van der Waals surface area contributed by atoms with Gasteiger partial charge in [-0.1, -0.05) is 18.2 Å². The van der Waals surface area contributed by atoms with Crippen LogP contribution < -0.4 is 4.74 Å². The number of aliphatic hydroxyl groups excluding tert-OH is 1. The van der Waals surface area contributed by atoms with Crippen LogP contribution in [0.2, 0.25) is 0 Å². The summed E-state index contributed by atoms with van der Waals surface area (Å²) in [6.07, 6.45) is 6.23. The molecule has 0 saturated carbocycles. The molecule has 0 unspecified atom stereocenters. The van der Waals surface area contributed by atoms with Crippen molar-refractivity contribution in [3.63, 3.8) is 0 Å². The zero-order valence-corrected chi connectivity index (χ0v) is 13.9. The second-order valence-corrected chi connectivity index (χ2v) is 6.82. The Balaban J connectivity index is 1.47. The third kappa shape index (κ3) is 2.97. The molecule has 0 aliphatic carbocycles. The fourth-order valence-electron chi connectivity index (χ4n) is 3.83. The van der Waals surface area contributed by atoms with Crippen molar-refractivity contribution < 1.29 is 9.84 Å². The van der Waals surface area contributed by atoms with E-state index in [0.717, 1.165) is 30.9 Å². The number of likely N-dealkylation sites (tertiary alicyclic amines) is 1. The molecule has 24 heavy (non-hydrogen) atoms. The summed E-state index contributed by atoms with van der Waals surface area (Å²) in [5.74, 6) is 1.58. The lowest BCUT2D eigenvalue weighted by Crippen LogP contribution is -2.26.